The van der Waals surface area contributed by atoms with E-state index in [2.05, 4.69) is 9.71 Å². The molecule has 4 rings (SSSR count). The molecule has 0 saturated carbocycles. The Labute approximate surface area is 158 Å². The van der Waals surface area contributed by atoms with Crippen molar-refractivity contribution in [3.63, 3.8) is 0 Å². The van der Waals surface area contributed by atoms with Gasteiger partial charge < -0.3 is 9.30 Å². The molecule has 6 nitrogen and oxygen atoms in total. The van der Waals surface area contributed by atoms with Gasteiger partial charge in [0.2, 0.25) is 10.0 Å². The highest BCUT2D eigenvalue weighted by Gasteiger charge is 2.30. The average Bonchev–Trinajstić information content (AvgIpc) is 3.04. The van der Waals surface area contributed by atoms with Crippen LogP contribution in [0.25, 0.3) is 11.3 Å². The number of rotatable bonds is 3. The second kappa shape index (κ2) is 6.55. The fourth-order valence-corrected chi connectivity index (χ4v) is 3.89. The minimum atomic E-state index is -4.45. The molecule has 1 aromatic heterocycles. The lowest BCUT2D eigenvalue weighted by atomic mass is 10.1. The van der Waals surface area contributed by atoms with Crippen LogP contribution in [-0.2, 0) is 22.7 Å². The number of alkyl halides is 3. The molecule has 0 amide bonds. The smallest absolute Gasteiger partial charge is 0.416 e. The van der Waals surface area contributed by atoms with E-state index in [9.17, 15) is 21.6 Å². The predicted octanol–water partition coefficient (Wildman–Crippen LogP) is 4.12. The van der Waals surface area contributed by atoms with Gasteiger partial charge in [-0.15, -0.1) is 0 Å². The van der Waals surface area contributed by atoms with Crippen LogP contribution in [-0.4, -0.2) is 23.7 Å². The van der Waals surface area contributed by atoms with Crippen LogP contribution in [0.3, 0.4) is 0 Å². The highest BCUT2D eigenvalue weighted by molar-refractivity contribution is 7.92. The molecule has 1 N–H and O–H groups in total. The fraction of sp³-hybridized carbons (Fsp3) is 0.167. The summed E-state index contributed by atoms with van der Waals surface area (Å²) in [7, 11) is -3.39. The molecule has 1 aliphatic rings. The number of hydrogen-bond donors (Lipinski definition) is 1. The second-order valence-electron chi connectivity index (χ2n) is 6.21. The second-order valence-corrected chi connectivity index (χ2v) is 8.05. The summed E-state index contributed by atoms with van der Waals surface area (Å²) in [5.74, 6) is 0.781. The van der Waals surface area contributed by atoms with E-state index in [1.807, 2.05) is 0 Å². The number of sulfonamides is 1. The van der Waals surface area contributed by atoms with Gasteiger partial charge in [0, 0.05) is 12.1 Å². The number of nitrogens with zero attached hydrogens (tertiary/aromatic N) is 2. The van der Waals surface area contributed by atoms with Crippen molar-refractivity contribution in [3.8, 4) is 22.8 Å². The largest absolute Gasteiger partial charge is 0.457 e. The van der Waals surface area contributed by atoms with E-state index in [0.29, 0.717) is 29.4 Å². The molecule has 146 valence electrons. The molecular weight excluding hydrogens is 395 g/mol. The Bertz CT molecular complexity index is 1120. The van der Waals surface area contributed by atoms with Crippen molar-refractivity contribution in [3.05, 3.63) is 60.4 Å². The zero-order valence-electron chi connectivity index (χ0n) is 14.3. The lowest BCUT2D eigenvalue weighted by molar-refractivity contribution is -0.137. The number of ether oxygens (including phenoxy) is 1. The molecule has 1 aliphatic heterocycles. The Morgan fingerprint density at radius 3 is 2.54 bits per heavy atom. The first kappa shape index (κ1) is 18.4. The van der Waals surface area contributed by atoms with Gasteiger partial charge >= 0.3 is 6.18 Å². The number of aryl methyl sites for hydroxylation is 1. The van der Waals surface area contributed by atoms with Gasteiger partial charge in [0.05, 0.1) is 17.6 Å². The van der Waals surface area contributed by atoms with E-state index in [-0.39, 0.29) is 11.5 Å². The summed E-state index contributed by atoms with van der Waals surface area (Å²) in [5, 5.41) is 0. The van der Waals surface area contributed by atoms with Gasteiger partial charge in [0.25, 0.3) is 0 Å². The maximum Gasteiger partial charge on any atom is 0.416 e. The first-order chi connectivity index (χ1) is 13.2. The van der Waals surface area contributed by atoms with Crippen molar-refractivity contribution in [2.75, 3.05) is 10.5 Å². The number of fused-ring (bicyclic) bond motifs is 1. The fourth-order valence-electron chi connectivity index (χ4n) is 2.84. The molecule has 10 heteroatoms. The van der Waals surface area contributed by atoms with Gasteiger partial charge in [-0.2, -0.15) is 13.2 Å². The van der Waals surface area contributed by atoms with Crippen LogP contribution >= 0.6 is 0 Å². The Hall–Kier alpha value is -3.01. The van der Waals surface area contributed by atoms with Gasteiger partial charge in [0.1, 0.15) is 23.0 Å². The minimum Gasteiger partial charge on any atom is -0.457 e. The molecule has 28 heavy (non-hydrogen) atoms. The zero-order valence-corrected chi connectivity index (χ0v) is 15.1. The number of aromatic nitrogens is 2. The van der Waals surface area contributed by atoms with E-state index < -0.39 is 21.8 Å². The highest BCUT2D eigenvalue weighted by atomic mass is 32.2. The monoisotopic (exact) mass is 409 g/mol. The highest BCUT2D eigenvalue weighted by Crippen LogP contribution is 2.34. The summed E-state index contributed by atoms with van der Waals surface area (Å²) in [4.78, 5) is 4.26. The van der Waals surface area contributed by atoms with E-state index in [1.54, 1.807) is 35.2 Å². The molecule has 0 unspecified atom stereocenters. The molecule has 0 spiro atoms. The summed E-state index contributed by atoms with van der Waals surface area (Å²) in [6, 6.07) is 11.1. The van der Waals surface area contributed by atoms with E-state index >= 15 is 0 Å². The van der Waals surface area contributed by atoms with Crippen molar-refractivity contribution in [2.24, 2.45) is 0 Å². The summed E-state index contributed by atoms with van der Waals surface area (Å²) >= 11 is 0. The quantitative estimate of drug-likeness (QED) is 0.706. The number of imidazole rings is 1. The van der Waals surface area contributed by atoms with Crippen LogP contribution in [0.5, 0.6) is 11.5 Å². The Kier molecular flexibility index (Phi) is 4.30. The van der Waals surface area contributed by atoms with Crippen molar-refractivity contribution in [2.45, 2.75) is 12.7 Å². The zero-order chi connectivity index (χ0) is 19.9. The molecule has 0 bridgehead atoms. The van der Waals surface area contributed by atoms with Crippen LogP contribution < -0.4 is 9.46 Å². The molecule has 3 aromatic rings. The maximum atomic E-state index is 12.8. The van der Waals surface area contributed by atoms with Crippen LogP contribution in [0, 0.1) is 0 Å². The summed E-state index contributed by atoms with van der Waals surface area (Å²) in [6.45, 7) is 0.314. The van der Waals surface area contributed by atoms with E-state index in [4.69, 9.17) is 4.74 Å². The molecule has 0 radical (unpaired) electrons. The minimum absolute atomic E-state index is 0.0143. The van der Waals surface area contributed by atoms with E-state index in [1.165, 1.54) is 12.1 Å². The van der Waals surface area contributed by atoms with Crippen LogP contribution in [0.2, 0.25) is 0 Å². The number of anilines is 1. The molecule has 0 atom stereocenters. The van der Waals surface area contributed by atoms with Crippen molar-refractivity contribution in [1.82, 2.24) is 9.55 Å². The van der Waals surface area contributed by atoms with Gasteiger partial charge in [-0.05, 0) is 42.5 Å². The Morgan fingerprint density at radius 1 is 1.07 bits per heavy atom. The lowest BCUT2D eigenvalue weighted by Crippen LogP contribution is -2.27. The van der Waals surface area contributed by atoms with Gasteiger partial charge in [-0.25, -0.2) is 13.4 Å². The molecule has 2 aromatic carbocycles. The molecule has 0 fully saturated rings. The molecular formula is C18H14F3N3O3S. The van der Waals surface area contributed by atoms with Crippen LogP contribution in [0.4, 0.5) is 19.0 Å². The summed E-state index contributed by atoms with van der Waals surface area (Å²) in [5.41, 5.74) is 0.321. The normalized spacial score (nSPS) is 15.5. The van der Waals surface area contributed by atoms with Crippen molar-refractivity contribution in [1.29, 1.82) is 0 Å². The molecule has 0 saturated heterocycles. The SMILES string of the molecule is O=S1(=O)CCn2cnc(-c3ccc(Oc4cccc(C(F)(F)F)c4)cc3)c2N1. The standard InChI is InChI=1S/C18H14F3N3O3S/c19-18(20,21)13-2-1-3-15(10-13)27-14-6-4-12(5-7-14)16-17-23-28(25,26)9-8-24(17)11-22-16/h1-7,10-11,23H,8-9H2. The van der Waals surface area contributed by atoms with Crippen LogP contribution in [0.1, 0.15) is 5.56 Å². The van der Waals surface area contributed by atoms with Gasteiger partial charge in [-0.1, -0.05) is 6.07 Å². The number of benzene rings is 2. The average molecular weight is 409 g/mol. The summed E-state index contributed by atoms with van der Waals surface area (Å²) in [6.07, 6.45) is -2.89. The maximum absolute atomic E-state index is 12.8. The Morgan fingerprint density at radius 2 is 1.82 bits per heavy atom. The third kappa shape index (κ3) is 3.68. The lowest BCUT2D eigenvalue weighted by Gasteiger charge is -2.18. The van der Waals surface area contributed by atoms with Crippen molar-refractivity contribution < 1.29 is 26.3 Å². The van der Waals surface area contributed by atoms with Gasteiger partial charge in [0.15, 0.2) is 0 Å². The van der Waals surface area contributed by atoms with Crippen LogP contribution in [0.15, 0.2) is 54.9 Å². The molecule has 2 heterocycles. The number of hydrogen-bond acceptors (Lipinski definition) is 4. The van der Waals surface area contributed by atoms with Gasteiger partial charge in [-0.3, -0.25) is 4.72 Å². The third-order valence-corrected chi connectivity index (χ3v) is 5.44. The number of nitrogens with one attached hydrogen (secondary N) is 1. The predicted molar refractivity (Wildman–Crippen MR) is 96.6 cm³/mol. The topological polar surface area (TPSA) is 73.2 Å². The van der Waals surface area contributed by atoms with E-state index in [0.717, 1.165) is 12.1 Å². The first-order valence-corrected chi connectivity index (χ1v) is 9.88. The molecule has 0 aliphatic carbocycles. The van der Waals surface area contributed by atoms with Crippen molar-refractivity contribution >= 4 is 15.8 Å². The Balaban J connectivity index is 1.57. The number of halogens is 3. The third-order valence-electron chi connectivity index (χ3n) is 4.22. The first-order valence-electron chi connectivity index (χ1n) is 8.22. The summed E-state index contributed by atoms with van der Waals surface area (Å²) < 4.78 is 71.7.